The van der Waals surface area contributed by atoms with Crippen molar-refractivity contribution in [3.8, 4) is 0 Å². The predicted molar refractivity (Wildman–Crippen MR) is 127 cm³/mol. The highest BCUT2D eigenvalue weighted by Crippen LogP contribution is 2.22. The number of hydrogen-bond acceptors (Lipinski definition) is 3. The van der Waals surface area contributed by atoms with Gasteiger partial charge in [0.15, 0.2) is 5.96 Å². The van der Waals surface area contributed by atoms with E-state index >= 15 is 0 Å². The number of carbonyl (C=O) groups is 1. The molecule has 0 fully saturated rings. The number of amides is 1. The van der Waals surface area contributed by atoms with E-state index in [1.165, 1.54) is 21.6 Å². The summed E-state index contributed by atoms with van der Waals surface area (Å²) in [7, 11) is 0. The number of benzene rings is 1. The first-order valence-corrected chi connectivity index (χ1v) is 10.4. The van der Waals surface area contributed by atoms with Gasteiger partial charge < -0.3 is 15.5 Å². The number of hydrogen-bond donors (Lipinski definition) is 2. The highest BCUT2D eigenvalue weighted by atomic mass is 127. The van der Waals surface area contributed by atoms with Crippen LogP contribution >= 0.6 is 35.3 Å². The van der Waals surface area contributed by atoms with E-state index in [1.54, 1.807) is 11.3 Å². The molecule has 28 heavy (non-hydrogen) atoms. The third-order valence-corrected chi connectivity index (χ3v) is 5.75. The zero-order valence-corrected chi connectivity index (χ0v) is 19.7. The quantitative estimate of drug-likeness (QED) is 0.255. The molecule has 0 aliphatic carbocycles. The molecule has 2 N–H and O–H groups in total. The van der Waals surface area contributed by atoms with Crippen molar-refractivity contribution in [1.82, 2.24) is 15.5 Å². The Hall–Kier alpha value is -1.61. The molecule has 0 bridgehead atoms. The molecule has 5 nitrogen and oxygen atoms in total. The van der Waals surface area contributed by atoms with E-state index in [4.69, 9.17) is 0 Å². The molecule has 0 radical (unpaired) electrons. The summed E-state index contributed by atoms with van der Waals surface area (Å²) < 4.78 is 0. The average molecular weight is 512 g/mol. The zero-order valence-electron chi connectivity index (χ0n) is 16.5. The second-order valence-electron chi connectivity index (χ2n) is 6.77. The number of thiophene rings is 1. The molecule has 0 atom stereocenters. The maximum atomic E-state index is 12.5. The lowest BCUT2D eigenvalue weighted by atomic mass is 10.1. The number of aryl methyl sites for hydroxylation is 1. The summed E-state index contributed by atoms with van der Waals surface area (Å²) in [5.74, 6) is 1.04. The largest absolute Gasteiger partial charge is 0.357 e. The first-order chi connectivity index (χ1) is 13.2. The molecule has 2 aromatic rings. The third kappa shape index (κ3) is 6.20. The number of nitrogens with one attached hydrogen (secondary N) is 2. The van der Waals surface area contributed by atoms with Crippen molar-refractivity contribution in [1.29, 1.82) is 0 Å². The monoisotopic (exact) mass is 512 g/mol. The zero-order chi connectivity index (χ0) is 19.1. The van der Waals surface area contributed by atoms with Crippen LogP contribution in [0.2, 0.25) is 0 Å². The van der Waals surface area contributed by atoms with Crippen molar-refractivity contribution >= 4 is 47.2 Å². The Balaban J connectivity index is 0.00000280. The summed E-state index contributed by atoms with van der Waals surface area (Å²) in [6.45, 7) is 7.90. The minimum Gasteiger partial charge on any atom is -0.357 e. The van der Waals surface area contributed by atoms with Crippen LogP contribution in [0, 0.1) is 6.92 Å². The third-order valence-electron chi connectivity index (χ3n) is 4.75. The number of carbonyl (C=O) groups excluding carboxylic acids is 1. The first kappa shape index (κ1) is 22.7. The fourth-order valence-corrected chi connectivity index (χ4v) is 4.00. The van der Waals surface area contributed by atoms with Crippen molar-refractivity contribution in [2.75, 3.05) is 13.1 Å². The van der Waals surface area contributed by atoms with E-state index in [0.29, 0.717) is 13.0 Å². The molecule has 1 aromatic carbocycles. The number of aliphatic imine (C=N–C) groups is 1. The Morgan fingerprint density at radius 3 is 2.50 bits per heavy atom. The van der Waals surface area contributed by atoms with E-state index in [2.05, 4.69) is 53.1 Å². The van der Waals surface area contributed by atoms with Crippen LogP contribution < -0.4 is 10.6 Å². The minimum absolute atomic E-state index is 0. The molecule has 3 rings (SSSR count). The van der Waals surface area contributed by atoms with Gasteiger partial charge in [0.1, 0.15) is 0 Å². The van der Waals surface area contributed by atoms with Crippen LogP contribution in [-0.4, -0.2) is 29.9 Å². The van der Waals surface area contributed by atoms with Gasteiger partial charge in [-0.25, -0.2) is 4.99 Å². The first-order valence-electron chi connectivity index (χ1n) is 9.57. The Kier molecular flexibility index (Phi) is 9.24. The molecule has 1 aliphatic rings. The van der Waals surface area contributed by atoms with Crippen molar-refractivity contribution in [3.63, 3.8) is 0 Å². The minimum atomic E-state index is 0. The molecule has 1 aromatic heterocycles. The van der Waals surface area contributed by atoms with Crippen molar-refractivity contribution in [2.45, 2.75) is 46.3 Å². The molecule has 0 spiro atoms. The standard InChI is InChI=1S/C21H28N4OS.HI/c1-3-22-21(24-13-19-16(2)10-12-27-19)23-11-6-9-20(26)25-14-17-7-4-5-8-18(17)15-25;/h4-5,7-8,10,12H,3,6,9,11,13-15H2,1-2H3,(H2,22,23,24);1H. The van der Waals surface area contributed by atoms with Crippen molar-refractivity contribution in [3.05, 3.63) is 57.3 Å². The lowest BCUT2D eigenvalue weighted by Crippen LogP contribution is -2.38. The Labute approximate surface area is 188 Å². The highest BCUT2D eigenvalue weighted by Gasteiger charge is 2.22. The fraction of sp³-hybridized carbons (Fsp3) is 0.429. The Morgan fingerprint density at radius 2 is 1.89 bits per heavy atom. The summed E-state index contributed by atoms with van der Waals surface area (Å²) in [5.41, 5.74) is 3.83. The Bertz CT molecular complexity index is 780. The van der Waals surface area contributed by atoms with Gasteiger partial charge in [-0.05, 0) is 48.4 Å². The highest BCUT2D eigenvalue weighted by molar-refractivity contribution is 14.0. The van der Waals surface area contributed by atoms with E-state index < -0.39 is 0 Å². The predicted octanol–water partition coefficient (Wildman–Crippen LogP) is 4.05. The molecular formula is C21H29IN4OS. The molecule has 152 valence electrons. The number of guanidine groups is 1. The fourth-order valence-electron chi connectivity index (χ4n) is 3.17. The smallest absolute Gasteiger partial charge is 0.223 e. The number of halogens is 1. The van der Waals surface area contributed by atoms with Crippen molar-refractivity contribution < 1.29 is 4.79 Å². The van der Waals surface area contributed by atoms with Crippen LogP contribution in [0.4, 0.5) is 0 Å². The Morgan fingerprint density at radius 1 is 1.18 bits per heavy atom. The van der Waals surface area contributed by atoms with Gasteiger partial charge in [0.2, 0.25) is 5.91 Å². The number of fused-ring (bicyclic) bond motifs is 1. The maximum Gasteiger partial charge on any atom is 0.223 e. The van der Waals surface area contributed by atoms with Gasteiger partial charge in [-0.15, -0.1) is 35.3 Å². The van der Waals surface area contributed by atoms with Crippen LogP contribution in [0.5, 0.6) is 0 Å². The molecule has 0 unspecified atom stereocenters. The lowest BCUT2D eigenvalue weighted by molar-refractivity contribution is -0.131. The topological polar surface area (TPSA) is 56.7 Å². The molecular weight excluding hydrogens is 483 g/mol. The van der Waals surface area contributed by atoms with E-state index in [9.17, 15) is 4.79 Å². The van der Waals surface area contributed by atoms with E-state index in [0.717, 1.165) is 38.6 Å². The second-order valence-corrected chi connectivity index (χ2v) is 7.77. The van der Waals surface area contributed by atoms with Gasteiger partial charge in [-0.2, -0.15) is 0 Å². The molecule has 7 heteroatoms. The van der Waals surface area contributed by atoms with Gasteiger partial charge in [-0.3, -0.25) is 4.79 Å². The van der Waals surface area contributed by atoms with Gasteiger partial charge in [0, 0.05) is 37.5 Å². The lowest BCUT2D eigenvalue weighted by Gasteiger charge is -2.16. The second kappa shape index (κ2) is 11.4. The number of rotatable bonds is 7. The molecule has 2 heterocycles. The molecule has 1 amide bonds. The van der Waals surface area contributed by atoms with E-state index in [1.807, 2.05) is 17.0 Å². The van der Waals surface area contributed by atoms with Crippen LogP contribution in [0.25, 0.3) is 0 Å². The van der Waals surface area contributed by atoms with Gasteiger partial charge >= 0.3 is 0 Å². The van der Waals surface area contributed by atoms with Crippen molar-refractivity contribution in [2.24, 2.45) is 4.99 Å². The van der Waals surface area contributed by atoms with Crippen LogP contribution in [0.15, 0.2) is 40.7 Å². The molecule has 0 saturated heterocycles. The van der Waals surface area contributed by atoms with Crippen LogP contribution in [0.1, 0.15) is 41.3 Å². The maximum absolute atomic E-state index is 12.5. The summed E-state index contributed by atoms with van der Waals surface area (Å²) in [6, 6.07) is 10.4. The molecule has 1 aliphatic heterocycles. The molecule has 0 saturated carbocycles. The summed E-state index contributed by atoms with van der Waals surface area (Å²) in [4.78, 5) is 20.3. The van der Waals surface area contributed by atoms with Crippen LogP contribution in [0.3, 0.4) is 0 Å². The van der Waals surface area contributed by atoms with Gasteiger partial charge in [0.25, 0.3) is 0 Å². The van der Waals surface area contributed by atoms with Gasteiger partial charge in [-0.1, -0.05) is 24.3 Å². The SMILES string of the molecule is CCNC(=NCc1sccc1C)NCCCC(=O)N1Cc2ccccc2C1.I. The summed E-state index contributed by atoms with van der Waals surface area (Å²) in [6.07, 6.45) is 1.36. The average Bonchev–Trinajstić information content (AvgIpc) is 3.28. The number of nitrogens with zero attached hydrogens (tertiary/aromatic N) is 2. The summed E-state index contributed by atoms with van der Waals surface area (Å²) in [5, 5.41) is 8.71. The van der Waals surface area contributed by atoms with Gasteiger partial charge in [0.05, 0.1) is 6.54 Å². The normalized spacial score (nSPS) is 13.1. The summed E-state index contributed by atoms with van der Waals surface area (Å²) >= 11 is 1.74. The van der Waals surface area contributed by atoms with E-state index in [-0.39, 0.29) is 29.9 Å². The van der Waals surface area contributed by atoms with Crippen LogP contribution in [-0.2, 0) is 24.4 Å².